The van der Waals surface area contributed by atoms with Gasteiger partial charge in [-0.25, -0.2) is 0 Å². The average molecular weight is 261 g/mol. The first-order chi connectivity index (χ1) is 9.20. The van der Waals surface area contributed by atoms with E-state index in [9.17, 15) is 10.1 Å². The highest BCUT2D eigenvalue weighted by Gasteiger charge is 2.22. The highest BCUT2D eigenvalue weighted by molar-refractivity contribution is 5.34. The van der Waals surface area contributed by atoms with Gasteiger partial charge in [-0.15, -0.1) is 0 Å². The van der Waals surface area contributed by atoms with E-state index < -0.39 is 0 Å². The van der Waals surface area contributed by atoms with Gasteiger partial charge >= 0.3 is 0 Å². The summed E-state index contributed by atoms with van der Waals surface area (Å²) >= 11 is 0. The van der Waals surface area contributed by atoms with Crippen molar-refractivity contribution < 1.29 is 4.92 Å². The first kappa shape index (κ1) is 14.0. The van der Waals surface area contributed by atoms with Crippen LogP contribution in [0.25, 0.3) is 0 Å². The predicted octanol–water partition coefficient (Wildman–Crippen LogP) is 5.06. The third-order valence-corrected chi connectivity index (χ3v) is 4.39. The van der Waals surface area contributed by atoms with E-state index in [4.69, 9.17) is 0 Å². The maximum Gasteiger partial charge on any atom is 0.269 e. The number of nitro groups is 1. The van der Waals surface area contributed by atoms with Crippen molar-refractivity contribution in [2.45, 2.75) is 57.8 Å². The van der Waals surface area contributed by atoms with Crippen molar-refractivity contribution in [3.05, 3.63) is 39.9 Å². The normalized spacial score (nSPS) is 23.2. The molecule has 104 valence electrons. The number of unbranched alkanes of at least 4 members (excludes halogenated alkanes) is 1. The molecule has 1 aromatic rings. The van der Waals surface area contributed by atoms with Crippen molar-refractivity contribution in [2.24, 2.45) is 5.92 Å². The van der Waals surface area contributed by atoms with Gasteiger partial charge in [0.05, 0.1) is 4.92 Å². The lowest BCUT2D eigenvalue weighted by molar-refractivity contribution is -0.384. The Labute approximate surface area is 115 Å². The molecule has 3 heteroatoms. The minimum absolute atomic E-state index is 0.195. The number of rotatable bonds is 5. The second-order valence-electron chi connectivity index (χ2n) is 5.71. The fourth-order valence-corrected chi connectivity index (χ4v) is 3.15. The molecular weight excluding hydrogens is 238 g/mol. The molecule has 0 saturated heterocycles. The van der Waals surface area contributed by atoms with Gasteiger partial charge in [0.25, 0.3) is 5.69 Å². The summed E-state index contributed by atoms with van der Waals surface area (Å²) in [7, 11) is 0. The highest BCUT2D eigenvalue weighted by Crippen LogP contribution is 2.37. The molecule has 0 amide bonds. The topological polar surface area (TPSA) is 43.1 Å². The Morgan fingerprint density at radius 3 is 2.32 bits per heavy atom. The van der Waals surface area contributed by atoms with Crippen LogP contribution in [0.2, 0.25) is 0 Å². The summed E-state index contributed by atoms with van der Waals surface area (Å²) in [5.41, 5.74) is 1.47. The van der Waals surface area contributed by atoms with Crippen LogP contribution in [-0.2, 0) is 0 Å². The second kappa shape index (κ2) is 6.69. The maximum atomic E-state index is 10.6. The molecule has 1 saturated carbocycles. The average Bonchev–Trinajstić information content (AvgIpc) is 2.46. The Hall–Kier alpha value is -1.38. The monoisotopic (exact) mass is 261 g/mol. The number of non-ortho nitro benzene ring substituents is 1. The summed E-state index contributed by atoms with van der Waals surface area (Å²) in [4.78, 5) is 10.3. The molecular formula is C16H23NO2. The summed E-state index contributed by atoms with van der Waals surface area (Å²) in [6.45, 7) is 2.25. The lowest BCUT2D eigenvalue weighted by atomic mass is 9.77. The van der Waals surface area contributed by atoms with Crippen molar-refractivity contribution >= 4 is 5.69 Å². The van der Waals surface area contributed by atoms with Crippen LogP contribution in [-0.4, -0.2) is 4.92 Å². The van der Waals surface area contributed by atoms with Crippen molar-refractivity contribution in [3.8, 4) is 0 Å². The first-order valence-electron chi connectivity index (χ1n) is 7.45. The quantitative estimate of drug-likeness (QED) is 0.549. The molecule has 2 rings (SSSR count). The number of benzene rings is 1. The fraction of sp³-hybridized carbons (Fsp3) is 0.625. The standard InChI is InChI=1S/C16H23NO2/c1-2-3-4-13-5-7-14(8-6-13)15-9-11-16(12-10-15)17(18)19/h9-14H,2-8H2,1H3. The minimum Gasteiger partial charge on any atom is -0.258 e. The SMILES string of the molecule is CCCCC1CCC(c2ccc([N+](=O)[O-])cc2)CC1. The number of nitrogens with zero attached hydrogens (tertiary/aromatic N) is 1. The molecule has 19 heavy (non-hydrogen) atoms. The van der Waals surface area contributed by atoms with Crippen LogP contribution >= 0.6 is 0 Å². The zero-order chi connectivity index (χ0) is 13.7. The maximum absolute atomic E-state index is 10.6. The van der Waals surface area contributed by atoms with Crippen LogP contribution in [0.4, 0.5) is 5.69 Å². The van der Waals surface area contributed by atoms with E-state index in [-0.39, 0.29) is 10.6 Å². The van der Waals surface area contributed by atoms with E-state index in [1.807, 2.05) is 12.1 Å². The Kier molecular flexibility index (Phi) is 4.94. The lowest BCUT2D eigenvalue weighted by Gasteiger charge is -2.28. The van der Waals surface area contributed by atoms with E-state index in [0.29, 0.717) is 5.92 Å². The van der Waals surface area contributed by atoms with Crippen molar-refractivity contribution in [3.63, 3.8) is 0 Å². The van der Waals surface area contributed by atoms with Crippen LogP contribution in [0, 0.1) is 16.0 Å². The molecule has 0 N–H and O–H groups in total. The molecule has 3 nitrogen and oxygen atoms in total. The Morgan fingerprint density at radius 1 is 1.16 bits per heavy atom. The van der Waals surface area contributed by atoms with Gasteiger partial charge in [-0.1, -0.05) is 38.3 Å². The molecule has 0 radical (unpaired) electrons. The molecule has 0 unspecified atom stereocenters. The van der Waals surface area contributed by atoms with Crippen LogP contribution in [0.5, 0.6) is 0 Å². The van der Waals surface area contributed by atoms with Gasteiger partial charge in [0.15, 0.2) is 0 Å². The lowest BCUT2D eigenvalue weighted by Crippen LogP contribution is -2.13. The zero-order valence-corrected chi connectivity index (χ0v) is 11.7. The molecule has 0 heterocycles. The van der Waals surface area contributed by atoms with Crippen LogP contribution < -0.4 is 0 Å². The second-order valence-corrected chi connectivity index (χ2v) is 5.71. The molecule has 0 bridgehead atoms. The number of hydrogen-bond acceptors (Lipinski definition) is 2. The van der Waals surface area contributed by atoms with E-state index in [0.717, 1.165) is 5.92 Å². The molecule has 1 fully saturated rings. The first-order valence-corrected chi connectivity index (χ1v) is 7.45. The molecule has 0 spiro atoms. The van der Waals surface area contributed by atoms with Crippen molar-refractivity contribution in [1.29, 1.82) is 0 Å². The van der Waals surface area contributed by atoms with Gasteiger partial charge in [-0.3, -0.25) is 10.1 Å². The van der Waals surface area contributed by atoms with E-state index in [1.54, 1.807) is 12.1 Å². The fourth-order valence-electron chi connectivity index (χ4n) is 3.15. The highest BCUT2D eigenvalue weighted by atomic mass is 16.6. The van der Waals surface area contributed by atoms with Gasteiger partial charge in [-0.2, -0.15) is 0 Å². The molecule has 1 aromatic carbocycles. The Morgan fingerprint density at radius 2 is 1.79 bits per heavy atom. The summed E-state index contributed by atoms with van der Waals surface area (Å²) in [6.07, 6.45) is 9.15. The Balaban J connectivity index is 1.88. The third-order valence-electron chi connectivity index (χ3n) is 4.39. The molecule has 0 atom stereocenters. The molecule has 1 aliphatic rings. The van der Waals surface area contributed by atoms with Gasteiger partial charge in [-0.05, 0) is 43.1 Å². The van der Waals surface area contributed by atoms with Gasteiger partial charge < -0.3 is 0 Å². The van der Waals surface area contributed by atoms with E-state index in [2.05, 4.69) is 6.92 Å². The Bertz CT molecular complexity index is 405. The number of nitro benzene ring substituents is 1. The summed E-state index contributed by atoms with van der Waals surface area (Å²) < 4.78 is 0. The van der Waals surface area contributed by atoms with Crippen LogP contribution in [0.1, 0.15) is 63.4 Å². The largest absolute Gasteiger partial charge is 0.269 e. The molecule has 0 aromatic heterocycles. The summed E-state index contributed by atoms with van der Waals surface area (Å²) in [6, 6.07) is 7.15. The summed E-state index contributed by atoms with van der Waals surface area (Å²) in [5.74, 6) is 1.52. The minimum atomic E-state index is -0.328. The van der Waals surface area contributed by atoms with Gasteiger partial charge in [0, 0.05) is 12.1 Å². The van der Waals surface area contributed by atoms with Crippen LogP contribution in [0.3, 0.4) is 0 Å². The van der Waals surface area contributed by atoms with Gasteiger partial charge in [0.2, 0.25) is 0 Å². The van der Waals surface area contributed by atoms with E-state index in [1.165, 1.54) is 50.5 Å². The molecule has 1 aliphatic carbocycles. The predicted molar refractivity (Wildman–Crippen MR) is 77.3 cm³/mol. The van der Waals surface area contributed by atoms with Gasteiger partial charge in [0.1, 0.15) is 0 Å². The van der Waals surface area contributed by atoms with Crippen molar-refractivity contribution in [2.75, 3.05) is 0 Å². The van der Waals surface area contributed by atoms with Crippen molar-refractivity contribution in [1.82, 2.24) is 0 Å². The molecule has 0 aliphatic heterocycles. The third kappa shape index (κ3) is 3.79. The smallest absolute Gasteiger partial charge is 0.258 e. The zero-order valence-electron chi connectivity index (χ0n) is 11.7. The number of hydrogen-bond donors (Lipinski definition) is 0. The van der Waals surface area contributed by atoms with E-state index >= 15 is 0 Å². The summed E-state index contributed by atoms with van der Waals surface area (Å²) in [5, 5.41) is 10.6. The van der Waals surface area contributed by atoms with Crippen LogP contribution in [0.15, 0.2) is 24.3 Å².